The normalized spacial score (nSPS) is 22.1. The van der Waals surface area contributed by atoms with E-state index in [0.717, 1.165) is 18.2 Å². The van der Waals surface area contributed by atoms with Gasteiger partial charge in [0.05, 0.1) is 29.7 Å². The summed E-state index contributed by atoms with van der Waals surface area (Å²) in [7, 11) is 1.26. The lowest BCUT2D eigenvalue weighted by Gasteiger charge is -2.23. The molecule has 1 saturated carbocycles. The number of ether oxygens (including phenoxy) is 2. The van der Waals surface area contributed by atoms with E-state index >= 15 is 0 Å². The number of alkyl halides is 9. The van der Waals surface area contributed by atoms with Crippen LogP contribution in [0.5, 0.6) is 5.75 Å². The number of esters is 1. The summed E-state index contributed by atoms with van der Waals surface area (Å²) in [6.07, 6.45) is -16.4. The molecule has 0 aromatic heterocycles. The molecular formula is C32H26F10O3. The summed E-state index contributed by atoms with van der Waals surface area (Å²) in [6, 6.07) is 6.40. The second kappa shape index (κ2) is 11.2. The molecule has 1 aliphatic carbocycles. The highest BCUT2D eigenvalue weighted by Crippen LogP contribution is 2.57. The Balaban J connectivity index is 1.64. The summed E-state index contributed by atoms with van der Waals surface area (Å²) < 4.78 is 149. The molecule has 13 heteroatoms. The van der Waals surface area contributed by atoms with E-state index in [0.29, 0.717) is 12.1 Å². The number of hydrogen-bond acceptors (Lipinski definition) is 3. The van der Waals surface area contributed by atoms with Crippen molar-refractivity contribution in [3.05, 3.63) is 87.7 Å². The maximum Gasteiger partial charge on any atom is 0.416 e. The van der Waals surface area contributed by atoms with Crippen molar-refractivity contribution in [2.75, 3.05) is 7.11 Å². The summed E-state index contributed by atoms with van der Waals surface area (Å²) >= 11 is 0. The van der Waals surface area contributed by atoms with Crippen LogP contribution in [0.2, 0.25) is 0 Å². The van der Waals surface area contributed by atoms with Crippen molar-refractivity contribution < 1.29 is 58.2 Å². The minimum absolute atomic E-state index is 0.0166. The first-order valence-electron chi connectivity index (χ1n) is 13.9. The molecule has 0 bridgehead atoms. The molecule has 4 atom stereocenters. The Labute approximate surface area is 251 Å². The van der Waals surface area contributed by atoms with Crippen LogP contribution in [0.15, 0.2) is 48.5 Å². The molecule has 0 N–H and O–H groups in total. The van der Waals surface area contributed by atoms with Crippen LogP contribution < -0.4 is 4.74 Å². The molecule has 3 aromatic carbocycles. The number of carbonyl (C=O) groups excluding carboxylic acids is 1. The topological polar surface area (TPSA) is 35.5 Å². The standard InChI is InChI=1S/C32H26F10O3/c1-14(2)22-12-24(26(44-3)13-25(22)33)19-5-4-16(30(34,35)36)11-23(19)20-6-7-21-27(20)29(43)45-28(21)15-8-17(31(37,38)39)10-18(9-15)32(40,41)42/h4-5,8-14,20-21,27-28H,6-7H2,1-3H3/t20-,21+,27?,28+/m0/s1. The van der Waals surface area contributed by atoms with Crippen molar-refractivity contribution >= 4 is 5.97 Å². The summed E-state index contributed by atoms with van der Waals surface area (Å²) in [5, 5.41) is 0. The van der Waals surface area contributed by atoms with Gasteiger partial charge in [0, 0.05) is 17.5 Å². The van der Waals surface area contributed by atoms with E-state index in [4.69, 9.17) is 9.47 Å². The highest BCUT2D eigenvalue weighted by atomic mass is 19.4. The van der Waals surface area contributed by atoms with Crippen molar-refractivity contribution in [1.29, 1.82) is 0 Å². The smallest absolute Gasteiger partial charge is 0.416 e. The van der Waals surface area contributed by atoms with Gasteiger partial charge >= 0.3 is 24.5 Å². The molecule has 3 aromatic rings. The molecule has 0 radical (unpaired) electrons. The van der Waals surface area contributed by atoms with Gasteiger partial charge in [-0.2, -0.15) is 39.5 Å². The minimum atomic E-state index is -5.13. The Morgan fingerprint density at radius 3 is 1.91 bits per heavy atom. The van der Waals surface area contributed by atoms with Crippen LogP contribution in [0.1, 0.15) is 78.0 Å². The van der Waals surface area contributed by atoms with Crippen LogP contribution in [0.3, 0.4) is 0 Å². The van der Waals surface area contributed by atoms with Crippen LogP contribution in [0.4, 0.5) is 43.9 Å². The third-order valence-electron chi connectivity index (χ3n) is 8.56. The molecule has 1 unspecified atom stereocenters. The molecule has 2 aliphatic rings. The van der Waals surface area contributed by atoms with E-state index < -0.39 is 76.4 Å². The average molecular weight is 649 g/mol. The van der Waals surface area contributed by atoms with Crippen molar-refractivity contribution in [2.24, 2.45) is 11.8 Å². The number of benzene rings is 3. The lowest BCUT2D eigenvalue weighted by Crippen LogP contribution is -2.19. The highest BCUT2D eigenvalue weighted by Gasteiger charge is 2.54. The Hall–Kier alpha value is -3.77. The average Bonchev–Trinajstić information content (AvgIpc) is 3.52. The second-order valence-corrected chi connectivity index (χ2v) is 11.6. The molecule has 1 saturated heterocycles. The van der Waals surface area contributed by atoms with Gasteiger partial charge < -0.3 is 9.47 Å². The lowest BCUT2D eigenvalue weighted by atomic mass is 9.79. The predicted octanol–water partition coefficient (Wildman–Crippen LogP) is 10.1. The monoisotopic (exact) mass is 648 g/mol. The third-order valence-corrected chi connectivity index (χ3v) is 8.56. The Morgan fingerprint density at radius 1 is 0.778 bits per heavy atom. The molecular weight excluding hydrogens is 622 g/mol. The molecule has 1 heterocycles. The van der Waals surface area contributed by atoms with Gasteiger partial charge in [-0.1, -0.05) is 19.9 Å². The van der Waals surface area contributed by atoms with E-state index in [1.165, 1.54) is 19.2 Å². The minimum Gasteiger partial charge on any atom is -0.496 e. The van der Waals surface area contributed by atoms with Gasteiger partial charge in [-0.3, -0.25) is 4.79 Å². The third kappa shape index (κ3) is 6.09. The number of halogens is 10. The Kier molecular flexibility index (Phi) is 8.14. The molecule has 2 fully saturated rings. The van der Waals surface area contributed by atoms with Crippen molar-refractivity contribution in [3.8, 4) is 16.9 Å². The van der Waals surface area contributed by atoms with E-state index in [9.17, 15) is 48.7 Å². The number of carbonyl (C=O) groups is 1. The first-order chi connectivity index (χ1) is 20.8. The number of cyclic esters (lactones) is 1. The Bertz CT molecular complexity index is 1590. The zero-order valence-corrected chi connectivity index (χ0v) is 23.9. The summed E-state index contributed by atoms with van der Waals surface area (Å²) in [4.78, 5) is 13.3. The SMILES string of the molecule is COc1cc(F)c(C(C)C)cc1-c1ccc(C(F)(F)F)cc1[C@@H]1CC[C@@H]2C1C(=O)O[C@@H]2c1cc(C(F)(F)F)cc(C(F)(F)F)c1. The van der Waals surface area contributed by atoms with Gasteiger partial charge in [0.2, 0.25) is 0 Å². The largest absolute Gasteiger partial charge is 0.496 e. The lowest BCUT2D eigenvalue weighted by molar-refractivity contribution is -0.145. The fourth-order valence-electron chi connectivity index (χ4n) is 6.49. The first-order valence-corrected chi connectivity index (χ1v) is 13.9. The predicted molar refractivity (Wildman–Crippen MR) is 142 cm³/mol. The van der Waals surface area contributed by atoms with E-state index in [1.807, 2.05) is 0 Å². The molecule has 1 aliphatic heterocycles. The van der Waals surface area contributed by atoms with E-state index in [-0.39, 0.29) is 52.8 Å². The number of rotatable bonds is 5. The molecule has 5 rings (SSSR count). The molecule has 242 valence electrons. The highest BCUT2D eigenvalue weighted by molar-refractivity contribution is 5.80. The van der Waals surface area contributed by atoms with Gasteiger partial charge in [0.25, 0.3) is 0 Å². The summed E-state index contributed by atoms with van der Waals surface area (Å²) in [5.74, 6) is -4.88. The van der Waals surface area contributed by atoms with Crippen molar-refractivity contribution in [3.63, 3.8) is 0 Å². The van der Waals surface area contributed by atoms with E-state index in [1.54, 1.807) is 13.8 Å². The zero-order valence-electron chi connectivity index (χ0n) is 23.9. The fraction of sp³-hybridized carbons (Fsp3) is 0.406. The van der Waals surface area contributed by atoms with Gasteiger partial charge in [0.1, 0.15) is 17.7 Å². The molecule has 0 spiro atoms. The zero-order chi connectivity index (χ0) is 33.2. The van der Waals surface area contributed by atoms with Gasteiger partial charge in [-0.05, 0) is 83.3 Å². The molecule has 0 amide bonds. The number of hydrogen-bond donors (Lipinski definition) is 0. The molecule has 3 nitrogen and oxygen atoms in total. The summed E-state index contributed by atoms with van der Waals surface area (Å²) in [5.41, 5.74) is -3.93. The van der Waals surface area contributed by atoms with Gasteiger partial charge in [-0.25, -0.2) is 4.39 Å². The van der Waals surface area contributed by atoms with Crippen LogP contribution >= 0.6 is 0 Å². The quantitative estimate of drug-likeness (QED) is 0.204. The number of methoxy groups -OCH3 is 1. The first kappa shape index (κ1) is 32.6. The van der Waals surface area contributed by atoms with Crippen LogP contribution in [0, 0.1) is 17.7 Å². The van der Waals surface area contributed by atoms with Gasteiger partial charge in [0.15, 0.2) is 0 Å². The van der Waals surface area contributed by atoms with Crippen LogP contribution in [0.25, 0.3) is 11.1 Å². The van der Waals surface area contributed by atoms with E-state index in [2.05, 4.69) is 0 Å². The van der Waals surface area contributed by atoms with Gasteiger partial charge in [-0.15, -0.1) is 0 Å². The fourth-order valence-corrected chi connectivity index (χ4v) is 6.49. The maximum absolute atomic E-state index is 14.8. The maximum atomic E-state index is 14.8. The van der Waals surface area contributed by atoms with Crippen molar-refractivity contribution in [1.82, 2.24) is 0 Å². The second-order valence-electron chi connectivity index (χ2n) is 11.6. The Morgan fingerprint density at radius 2 is 1.38 bits per heavy atom. The van der Waals surface area contributed by atoms with Crippen LogP contribution in [-0.4, -0.2) is 13.1 Å². The summed E-state index contributed by atoms with van der Waals surface area (Å²) in [6.45, 7) is 3.44. The van der Waals surface area contributed by atoms with Crippen molar-refractivity contribution in [2.45, 2.75) is 63.2 Å². The number of fused-ring (bicyclic) bond motifs is 1. The molecule has 45 heavy (non-hydrogen) atoms. The van der Waals surface area contributed by atoms with Crippen LogP contribution in [-0.2, 0) is 28.1 Å².